The number of sulfonamides is 1. The lowest BCUT2D eigenvalue weighted by Crippen LogP contribution is -2.30. The molecular weight excluding hydrogens is 433 g/mol. The highest BCUT2D eigenvalue weighted by atomic mass is 35.5. The molecule has 0 aliphatic rings. The van der Waals surface area contributed by atoms with Crippen molar-refractivity contribution in [2.75, 3.05) is 18.4 Å². The second kappa shape index (κ2) is 9.17. The quantitative estimate of drug-likeness (QED) is 0.501. The summed E-state index contributed by atoms with van der Waals surface area (Å²) in [4.78, 5) is 4.33. The maximum absolute atomic E-state index is 12.8. The highest BCUT2D eigenvalue weighted by Gasteiger charge is 2.24. The highest BCUT2D eigenvalue weighted by molar-refractivity contribution is 7.89. The van der Waals surface area contributed by atoms with Crippen molar-refractivity contribution in [2.24, 2.45) is 0 Å². The second-order valence-corrected chi connectivity index (χ2v) is 8.97. The molecule has 0 bridgehead atoms. The Bertz CT molecular complexity index is 1100. The van der Waals surface area contributed by atoms with E-state index in [4.69, 9.17) is 27.6 Å². The zero-order valence-corrected chi connectivity index (χ0v) is 18.4. The lowest BCUT2D eigenvalue weighted by molar-refractivity contribution is 0.445. The summed E-state index contributed by atoms with van der Waals surface area (Å²) in [7, 11) is -3.66. The van der Waals surface area contributed by atoms with E-state index in [1.807, 2.05) is 12.1 Å². The van der Waals surface area contributed by atoms with Gasteiger partial charge >= 0.3 is 0 Å². The molecule has 1 N–H and O–H groups in total. The van der Waals surface area contributed by atoms with Crippen LogP contribution in [0.3, 0.4) is 0 Å². The number of hydrogen-bond donors (Lipinski definition) is 1. The number of nitrogens with zero attached hydrogens (tertiary/aromatic N) is 2. The molecule has 29 heavy (non-hydrogen) atoms. The summed E-state index contributed by atoms with van der Waals surface area (Å²) in [5.41, 5.74) is 1.43. The number of hydrogen-bond acceptors (Lipinski definition) is 5. The minimum atomic E-state index is -3.66. The van der Waals surface area contributed by atoms with Crippen LogP contribution in [0.5, 0.6) is 0 Å². The van der Waals surface area contributed by atoms with Gasteiger partial charge in [0.1, 0.15) is 4.90 Å². The molecule has 0 saturated heterocycles. The molecule has 0 unspecified atom stereocenters. The maximum Gasteiger partial charge on any atom is 0.244 e. The predicted octanol–water partition coefficient (Wildman–Crippen LogP) is 5.29. The number of benzene rings is 2. The third-order valence-electron chi connectivity index (χ3n) is 4.36. The summed E-state index contributed by atoms with van der Waals surface area (Å²) in [6.45, 7) is 4.60. The fraction of sp³-hybridized carbons (Fsp3) is 0.250. The Kier molecular flexibility index (Phi) is 6.85. The Morgan fingerprint density at radius 2 is 1.86 bits per heavy atom. The van der Waals surface area contributed by atoms with Crippen LogP contribution in [0, 0.1) is 0 Å². The van der Waals surface area contributed by atoms with Crippen LogP contribution in [0.4, 0.5) is 5.69 Å². The maximum atomic E-state index is 12.8. The largest absolute Gasteiger partial charge is 0.439 e. The molecule has 0 amide bonds. The zero-order chi connectivity index (χ0) is 21.0. The van der Waals surface area contributed by atoms with Gasteiger partial charge in [-0.25, -0.2) is 13.4 Å². The summed E-state index contributed by atoms with van der Waals surface area (Å²) in [5.74, 6) is 1.06. The van der Waals surface area contributed by atoms with E-state index in [1.165, 1.54) is 10.4 Å². The van der Waals surface area contributed by atoms with Crippen molar-refractivity contribution in [1.29, 1.82) is 0 Å². The van der Waals surface area contributed by atoms with E-state index in [0.717, 1.165) is 5.56 Å². The molecule has 0 aliphatic carbocycles. The highest BCUT2D eigenvalue weighted by Crippen LogP contribution is 2.28. The molecule has 1 aromatic heterocycles. The first-order valence-corrected chi connectivity index (χ1v) is 11.3. The molecule has 154 valence electrons. The van der Waals surface area contributed by atoms with E-state index in [0.29, 0.717) is 35.5 Å². The van der Waals surface area contributed by atoms with Gasteiger partial charge in [-0.2, -0.15) is 4.31 Å². The lowest BCUT2D eigenvalue weighted by atomic mass is 10.2. The first-order chi connectivity index (χ1) is 13.8. The van der Waals surface area contributed by atoms with Gasteiger partial charge in [-0.15, -0.1) is 0 Å². The Hall–Kier alpha value is -2.06. The smallest absolute Gasteiger partial charge is 0.244 e. The van der Waals surface area contributed by atoms with Crippen LogP contribution < -0.4 is 5.32 Å². The van der Waals surface area contributed by atoms with Crippen molar-refractivity contribution in [3.63, 3.8) is 0 Å². The minimum Gasteiger partial charge on any atom is -0.439 e. The standard InChI is InChI=1S/C20H21Cl2N3O3S/c1-3-25(4-2)29(26,27)19-11-16(8-9-17(19)22)23-13-20-24-12-18(28-20)14-6-5-7-15(21)10-14/h5-12,23H,3-4,13H2,1-2H3. The van der Waals surface area contributed by atoms with Gasteiger partial charge in [0, 0.05) is 29.4 Å². The summed E-state index contributed by atoms with van der Waals surface area (Å²) in [6.07, 6.45) is 1.63. The van der Waals surface area contributed by atoms with E-state index < -0.39 is 10.0 Å². The van der Waals surface area contributed by atoms with Crippen molar-refractivity contribution in [3.8, 4) is 11.3 Å². The van der Waals surface area contributed by atoms with Crippen molar-refractivity contribution < 1.29 is 12.8 Å². The molecule has 1 heterocycles. The summed E-state index contributed by atoms with van der Waals surface area (Å²) in [6, 6.07) is 12.1. The van der Waals surface area contributed by atoms with E-state index >= 15 is 0 Å². The van der Waals surface area contributed by atoms with Crippen LogP contribution in [-0.2, 0) is 16.6 Å². The topological polar surface area (TPSA) is 75.4 Å². The summed E-state index contributed by atoms with van der Waals surface area (Å²) in [5, 5.41) is 3.92. The van der Waals surface area contributed by atoms with Gasteiger partial charge < -0.3 is 9.73 Å². The van der Waals surface area contributed by atoms with Gasteiger partial charge in [0.2, 0.25) is 15.9 Å². The fourth-order valence-corrected chi connectivity index (χ4v) is 5.01. The number of aromatic nitrogens is 1. The Morgan fingerprint density at radius 1 is 1.10 bits per heavy atom. The van der Waals surface area contributed by atoms with Crippen molar-refractivity contribution >= 4 is 38.9 Å². The molecule has 0 radical (unpaired) electrons. The molecule has 0 aliphatic heterocycles. The van der Waals surface area contributed by atoms with Crippen LogP contribution in [0.1, 0.15) is 19.7 Å². The summed E-state index contributed by atoms with van der Waals surface area (Å²) >= 11 is 12.2. The van der Waals surface area contributed by atoms with Crippen molar-refractivity contribution in [1.82, 2.24) is 9.29 Å². The van der Waals surface area contributed by atoms with Crippen LogP contribution in [0.15, 0.2) is 58.0 Å². The van der Waals surface area contributed by atoms with Crippen LogP contribution in [0.25, 0.3) is 11.3 Å². The van der Waals surface area contributed by atoms with Gasteiger partial charge in [0.15, 0.2) is 5.76 Å². The first kappa shape index (κ1) is 21.6. The van der Waals surface area contributed by atoms with E-state index in [1.54, 1.807) is 44.3 Å². The Balaban J connectivity index is 1.77. The van der Waals surface area contributed by atoms with Crippen LogP contribution in [0.2, 0.25) is 10.0 Å². The molecule has 0 fully saturated rings. The average molecular weight is 454 g/mol. The second-order valence-electron chi connectivity index (χ2n) is 6.22. The normalized spacial score (nSPS) is 11.8. The average Bonchev–Trinajstić information content (AvgIpc) is 3.17. The third kappa shape index (κ3) is 4.93. The van der Waals surface area contributed by atoms with Gasteiger partial charge in [-0.3, -0.25) is 0 Å². The molecule has 3 rings (SSSR count). The number of anilines is 1. The predicted molar refractivity (Wildman–Crippen MR) is 116 cm³/mol. The van der Waals surface area contributed by atoms with E-state index in [2.05, 4.69) is 10.3 Å². The van der Waals surface area contributed by atoms with Crippen LogP contribution >= 0.6 is 23.2 Å². The van der Waals surface area contributed by atoms with Gasteiger partial charge in [0.05, 0.1) is 17.8 Å². The Labute approximate surface area is 180 Å². The van der Waals surface area contributed by atoms with Crippen LogP contribution in [-0.4, -0.2) is 30.8 Å². The van der Waals surface area contributed by atoms with E-state index in [-0.39, 0.29) is 16.5 Å². The number of oxazole rings is 1. The lowest BCUT2D eigenvalue weighted by Gasteiger charge is -2.19. The third-order valence-corrected chi connectivity index (χ3v) is 7.13. The molecule has 9 heteroatoms. The van der Waals surface area contributed by atoms with Crippen molar-refractivity contribution in [3.05, 3.63) is 64.6 Å². The minimum absolute atomic E-state index is 0.0693. The molecule has 0 spiro atoms. The number of nitrogens with one attached hydrogen (secondary N) is 1. The SMILES string of the molecule is CCN(CC)S(=O)(=O)c1cc(NCc2ncc(-c3cccc(Cl)c3)o2)ccc1Cl. The number of halogens is 2. The van der Waals surface area contributed by atoms with Gasteiger partial charge in [0.25, 0.3) is 0 Å². The molecular formula is C20H21Cl2N3O3S. The monoisotopic (exact) mass is 453 g/mol. The zero-order valence-electron chi connectivity index (χ0n) is 16.0. The van der Waals surface area contributed by atoms with Gasteiger partial charge in [-0.1, -0.05) is 49.2 Å². The molecule has 0 atom stereocenters. The molecule has 0 saturated carbocycles. The fourth-order valence-electron chi connectivity index (χ4n) is 2.86. The molecule has 3 aromatic rings. The van der Waals surface area contributed by atoms with E-state index in [9.17, 15) is 8.42 Å². The Morgan fingerprint density at radius 3 is 2.55 bits per heavy atom. The first-order valence-electron chi connectivity index (χ1n) is 9.09. The molecule has 2 aromatic carbocycles. The summed E-state index contributed by atoms with van der Waals surface area (Å²) < 4.78 is 32.7. The van der Waals surface area contributed by atoms with Crippen molar-refractivity contribution in [2.45, 2.75) is 25.3 Å². The molecule has 6 nitrogen and oxygen atoms in total. The van der Waals surface area contributed by atoms with Gasteiger partial charge in [-0.05, 0) is 30.3 Å². The number of rotatable bonds is 8.